The van der Waals surface area contributed by atoms with Gasteiger partial charge in [0.1, 0.15) is 17.9 Å². The number of carbonyl (C=O) groups is 2. The van der Waals surface area contributed by atoms with Crippen molar-refractivity contribution in [2.24, 2.45) is 0 Å². The molecule has 0 unspecified atom stereocenters. The van der Waals surface area contributed by atoms with Gasteiger partial charge in [-0.05, 0) is 61.0 Å². The van der Waals surface area contributed by atoms with Gasteiger partial charge in [0.2, 0.25) is 0 Å². The van der Waals surface area contributed by atoms with Gasteiger partial charge in [0, 0.05) is 37.1 Å². The van der Waals surface area contributed by atoms with Gasteiger partial charge >= 0.3 is 0 Å². The minimum absolute atomic E-state index is 0.167. The third-order valence-corrected chi connectivity index (χ3v) is 6.81. The maximum Gasteiger partial charge on any atom is 0.290 e. The zero-order chi connectivity index (χ0) is 27.2. The number of piperazine rings is 1. The zero-order valence-corrected chi connectivity index (χ0v) is 22.0. The SMILES string of the molecule is Cc1cccc2oc(C(=O)N(CCOc3ccc(C(=O)Nc4ccccc4N)cc3)CN3CCNCC3)cc12. The number of nitrogen functional groups attached to an aromatic ring is 1. The summed E-state index contributed by atoms with van der Waals surface area (Å²) in [7, 11) is 0. The molecule has 2 amide bonds. The lowest BCUT2D eigenvalue weighted by atomic mass is 10.1. The molecule has 0 radical (unpaired) electrons. The number of amides is 2. The van der Waals surface area contributed by atoms with E-state index in [1.54, 1.807) is 41.3 Å². The molecule has 0 atom stereocenters. The quantitative estimate of drug-likeness (QED) is 0.283. The normalized spacial score (nSPS) is 13.8. The van der Waals surface area contributed by atoms with Crippen LogP contribution in [0.2, 0.25) is 0 Å². The van der Waals surface area contributed by atoms with Gasteiger partial charge in [0.05, 0.1) is 24.6 Å². The first-order valence-corrected chi connectivity index (χ1v) is 13.1. The van der Waals surface area contributed by atoms with E-state index in [-0.39, 0.29) is 11.8 Å². The van der Waals surface area contributed by atoms with Crippen LogP contribution in [0.1, 0.15) is 26.5 Å². The Morgan fingerprint density at radius 1 is 1.05 bits per heavy atom. The van der Waals surface area contributed by atoms with Crippen molar-refractivity contribution in [3.63, 3.8) is 0 Å². The molecule has 5 rings (SSSR count). The van der Waals surface area contributed by atoms with Gasteiger partial charge in [-0.3, -0.25) is 14.5 Å². The Bertz CT molecular complexity index is 1440. The van der Waals surface area contributed by atoms with Crippen LogP contribution in [0, 0.1) is 6.92 Å². The lowest BCUT2D eigenvalue weighted by molar-refractivity contribution is 0.0539. The van der Waals surface area contributed by atoms with Crippen molar-refractivity contribution in [2.45, 2.75) is 6.92 Å². The second-order valence-corrected chi connectivity index (χ2v) is 9.59. The van der Waals surface area contributed by atoms with Crippen LogP contribution in [0.25, 0.3) is 11.0 Å². The molecule has 0 saturated carbocycles. The highest BCUT2D eigenvalue weighted by Gasteiger charge is 2.23. The number of nitrogens with two attached hydrogens (primary N) is 1. The molecule has 9 heteroatoms. The number of nitrogens with zero attached hydrogens (tertiary/aromatic N) is 2. The predicted octanol–water partition coefficient (Wildman–Crippen LogP) is 3.96. The second kappa shape index (κ2) is 12.0. The maximum absolute atomic E-state index is 13.5. The Morgan fingerprint density at radius 3 is 2.56 bits per heavy atom. The summed E-state index contributed by atoms with van der Waals surface area (Å²) < 4.78 is 11.9. The van der Waals surface area contributed by atoms with E-state index in [1.807, 2.05) is 43.3 Å². The number of nitrogens with one attached hydrogen (secondary N) is 2. The van der Waals surface area contributed by atoms with Crippen molar-refractivity contribution in [3.05, 3.63) is 89.7 Å². The summed E-state index contributed by atoms with van der Waals surface area (Å²) in [6.45, 7) is 6.67. The van der Waals surface area contributed by atoms with Crippen LogP contribution in [-0.4, -0.2) is 67.6 Å². The van der Waals surface area contributed by atoms with Crippen LogP contribution >= 0.6 is 0 Å². The molecule has 9 nitrogen and oxygen atoms in total. The van der Waals surface area contributed by atoms with Gasteiger partial charge in [-0.15, -0.1) is 0 Å². The number of rotatable bonds is 9. The summed E-state index contributed by atoms with van der Waals surface area (Å²) >= 11 is 0. The molecule has 1 aliphatic rings. The number of fused-ring (bicyclic) bond motifs is 1. The standard InChI is InChI=1S/C30H33N5O4/c1-21-5-4-8-27-24(21)19-28(39-27)30(37)35(20-34-15-13-32-14-16-34)17-18-38-23-11-9-22(10-12-23)29(36)33-26-7-3-2-6-25(26)31/h2-12,19,32H,13-18,20,31H2,1H3,(H,33,36). The lowest BCUT2D eigenvalue weighted by Crippen LogP contribution is -2.50. The summed E-state index contributed by atoms with van der Waals surface area (Å²) in [5, 5.41) is 7.10. The third kappa shape index (κ3) is 6.39. The van der Waals surface area contributed by atoms with Crippen LogP contribution < -0.4 is 21.1 Å². The molecule has 2 heterocycles. The monoisotopic (exact) mass is 527 g/mol. The van der Waals surface area contributed by atoms with Gasteiger partial charge < -0.3 is 30.4 Å². The average molecular weight is 528 g/mol. The maximum atomic E-state index is 13.5. The number of anilines is 2. The van der Waals surface area contributed by atoms with Crippen molar-refractivity contribution in [1.29, 1.82) is 0 Å². The smallest absolute Gasteiger partial charge is 0.290 e. The number of aryl methyl sites for hydroxylation is 1. The number of ether oxygens (including phenoxy) is 1. The molecule has 1 aromatic heterocycles. The van der Waals surface area contributed by atoms with E-state index >= 15 is 0 Å². The topological polar surface area (TPSA) is 113 Å². The second-order valence-electron chi connectivity index (χ2n) is 9.59. The van der Waals surface area contributed by atoms with E-state index in [4.69, 9.17) is 14.9 Å². The molecule has 0 aliphatic carbocycles. The minimum atomic E-state index is -0.256. The Kier molecular flexibility index (Phi) is 8.10. The fraction of sp³-hybridized carbons (Fsp3) is 0.267. The summed E-state index contributed by atoms with van der Waals surface area (Å²) in [6, 6.07) is 21.6. The molecule has 4 aromatic rings. The predicted molar refractivity (Wildman–Crippen MR) is 152 cm³/mol. The summed E-state index contributed by atoms with van der Waals surface area (Å²) in [4.78, 5) is 30.1. The lowest BCUT2D eigenvalue weighted by Gasteiger charge is -2.32. The molecule has 202 valence electrons. The van der Waals surface area contributed by atoms with Crippen molar-refractivity contribution in [1.82, 2.24) is 15.1 Å². The number of furan rings is 1. The van der Waals surface area contributed by atoms with Crippen LogP contribution in [0.15, 0.2) is 77.2 Å². The first kappa shape index (κ1) is 26.3. The molecule has 0 bridgehead atoms. The Labute approximate surface area is 227 Å². The first-order valence-electron chi connectivity index (χ1n) is 13.1. The van der Waals surface area contributed by atoms with Crippen molar-refractivity contribution in [3.8, 4) is 5.75 Å². The van der Waals surface area contributed by atoms with E-state index < -0.39 is 0 Å². The number of para-hydroxylation sites is 2. The molecule has 1 saturated heterocycles. The van der Waals surface area contributed by atoms with Crippen molar-refractivity contribution >= 4 is 34.2 Å². The van der Waals surface area contributed by atoms with Gasteiger partial charge in [0.15, 0.2) is 5.76 Å². The van der Waals surface area contributed by atoms with E-state index in [0.29, 0.717) is 53.9 Å². The van der Waals surface area contributed by atoms with Crippen LogP contribution in [0.5, 0.6) is 5.75 Å². The summed E-state index contributed by atoms with van der Waals surface area (Å²) in [5.74, 6) is 0.511. The highest BCUT2D eigenvalue weighted by Crippen LogP contribution is 2.24. The van der Waals surface area contributed by atoms with E-state index in [2.05, 4.69) is 15.5 Å². The molecule has 4 N–H and O–H groups in total. The Hall–Kier alpha value is -4.34. The number of benzene rings is 3. The molecule has 1 fully saturated rings. The largest absolute Gasteiger partial charge is 0.492 e. The minimum Gasteiger partial charge on any atom is -0.492 e. The number of hydrogen-bond donors (Lipinski definition) is 3. The fourth-order valence-electron chi connectivity index (χ4n) is 4.58. The number of carbonyl (C=O) groups excluding carboxylic acids is 2. The van der Waals surface area contributed by atoms with Gasteiger partial charge in [-0.1, -0.05) is 24.3 Å². The van der Waals surface area contributed by atoms with Crippen LogP contribution in [0.4, 0.5) is 11.4 Å². The molecule has 0 spiro atoms. The fourth-order valence-corrected chi connectivity index (χ4v) is 4.58. The summed E-state index contributed by atoms with van der Waals surface area (Å²) in [6.07, 6.45) is 0. The van der Waals surface area contributed by atoms with E-state index in [1.165, 1.54) is 0 Å². The van der Waals surface area contributed by atoms with Gasteiger partial charge in [-0.2, -0.15) is 0 Å². The first-order chi connectivity index (χ1) is 19.0. The Morgan fingerprint density at radius 2 is 1.82 bits per heavy atom. The van der Waals surface area contributed by atoms with Gasteiger partial charge in [-0.25, -0.2) is 0 Å². The highest BCUT2D eigenvalue weighted by atomic mass is 16.5. The van der Waals surface area contributed by atoms with Gasteiger partial charge in [0.25, 0.3) is 11.8 Å². The zero-order valence-electron chi connectivity index (χ0n) is 22.0. The molecule has 39 heavy (non-hydrogen) atoms. The highest BCUT2D eigenvalue weighted by molar-refractivity contribution is 6.05. The van der Waals surface area contributed by atoms with E-state index in [9.17, 15) is 9.59 Å². The van der Waals surface area contributed by atoms with Crippen LogP contribution in [0.3, 0.4) is 0 Å². The van der Waals surface area contributed by atoms with Crippen LogP contribution in [-0.2, 0) is 0 Å². The average Bonchev–Trinajstić information content (AvgIpc) is 3.40. The third-order valence-electron chi connectivity index (χ3n) is 6.81. The van der Waals surface area contributed by atoms with Crippen molar-refractivity contribution in [2.75, 3.05) is 57.0 Å². The number of hydrogen-bond acceptors (Lipinski definition) is 7. The van der Waals surface area contributed by atoms with Crippen molar-refractivity contribution < 1.29 is 18.7 Å². The molecular weight excluding hydrogens is 494 g/mol. The Balaban J connectivity index is 1.22. The molecule has 3 aromatic carbocycles. The molecular formula is C30H33N5O4. The van der Waals surface area contributed by atoms with E-state index in [0.717, 1.165) is 37.1 Å². The molecule has 1 aliphatic heterocycles. The summed E-state index contributed by atoms with van der Waals surface area (Å²) in [5.41, 5.74) is 9.25.